The largest absolute Gasteiger partial charge is 0.297 e. The molecule has 0 N–H and O–H groups in total. The summed E-state index contributed by atoms with van der Waals surface area (Å²) in [6.45, 7) is 5.63. The zero-order valence-electron chi connectivity index (χ0n) is 9.77. The number of nitrogens with zero attached hydrogens (tertiary/aromatic N) is 3. The molecule has 0 saturated carbocycles. The molecule has 0 amide bonds. The van der Waals surface area contributed by atoms with Crippen molar-refractivity contribution in [1.82, 2.24) is 9.80 Å². The van der Waals surface area contributed by atoms with Gasteiger partial charge in [-0.1, -0.05) is 34.1 Å². The molecule has 0 atom stereocenters. The molecule has 1 aliphatic rings. The van der Waals surface area contributed by atoms with Gasteiger partial charge in [-0.25, -0.2) is 0 Å². The number of nitriles is 1. The highest BCUT2D eigenvalue weighted by Gasteiger charge is 2.16. The van der Waals surface area contributed by atoms with Gasteiger partial charge < -0.3 is 0 Å². The standard InChI is InChI=1S/C13H16BrN3/c14-13-4-2-1-3-12(13)11-17-9-7-16(6-5-15)8-10-17/h1-4H,6-11H2. The lowest BCUT2D eigenvalue weighted by atomic mass is 10.2. The van der Waals surface area contributed by atoms with Crippen LogP contribution in [-0.2, 0) is 6.54 Å². The van der Waals surface area contributed by atoms with Crippen molar-refractivity contribution < 1.29 is 0 Å². The third-order valence-corrected chi connectivity index (χ3v) is 3.88. The summed E-state index contributed by atoms with van der Waals surface area (Å²) >= 11 is 3.58. The van der Waals surface area contributed by atoms with Crippen LogP contribution >= 0.6 is 15.9 Å². The predicted octanol–water partition coefficient (Wildman–Crippen LogP) is 2.09. The number of hydrogen-bond donors (Lipinski definition) is 0. The monoisotopic (exact) mass is 293 g/mol. The molecule has 0 aliphatic carbocycles. The number of hydrogen-bond acceptors (Lipinski definition) is 3. The van der Waals surface area contributed by atoms with E-state index in [1.165, 1.54) is 10.0 Å². The van der Waals surface area contributed by atoms with Gasteiger partial charge in [-0.2, -0.15) is 5.26 Å². The maximum atomic E-state index is 8.64. The molecule has 0 spiro atoms. The van der Waals surface area contributed by atoms with Gasteiger partial charge in [-0.05, 0) is 11.6 Å². The van der Waals surface area contributed by atoms with Crippen LogP contribution in [0.4, 0.5) is 0 Å². The first-order valence-electron chi connectivity index (χ1n) is 5.84. The molecule has 0 radical (unpaired) electrons. The van der Waals surface area contributed by atoms with E-state index < -0.39 is 0 Å². The van der Waals surface area contributed by atoms with Crippen LogP contribution in [0.2, 0.25) is 0 Å². The summed E-state index contributed by atoms with van der Waals surface area (Å²) in [5.41, 5.74) is 1.33. The van der Waals surface area contributed by atoms with E-state index in [4.69, 9.17) is 5.26 Å². The zero-order chi connectivity index (χ0) is 12.1. The summed E-state index contributed by atoms with van der Waals surface area (Å²) in [6.07, 6.45) is 0. The van der Waals surface area contributed by atoms with E-state index in [0.29, 0.717) is 6.54 Å². The summed E-state index contributed by atoms with van der Waals surface area (Å²) < 4.78 is 1.18. The Morgan fingerprint density at radius 3 is 2.41 bits per heavy atom. The second kappa shape index (κ2) is 6.15. The Morgan fingerprint density at radius 2 is 1.76 bits per heavy atom. The molecule has 1 fully saturated rings. The summed E-state index contributed by atoms with van der Waals surface area (Å²) in [5.74, 6) is 0. The molecule has 1 aromatic rings. The fourth-order valence-corrected chi connectivity index (χ4v) is 2.48. The Morgan fingerprint density at radius 1 is 1.12 bits per heavy atom. The average Bonchev–Trinajstić information content (AvgIpc) is 2.35. The van der Waals surface area contributed by atoms with Gasteiger partial charge in [0.2, 0.25) is 0 Å². The predicted molar refractivity (Wildman–Crippen MR) is 71.5 cm³/mol. The van der Waals surface area contributed by atoms with E-state index in [0.717, 1.165) is 32.7 Å². The minimum atomic E-state index is 0.558. The summed E-state index contributed by atoms with van der Waals surface area (Å²) in [6, 6.07) is 10.6. The van der Waals surface area contributed by atoms with E-state index in [-0.39, 0.29) is 0 Å². The average molecular weight is 294 g/mol. The molecule has 0 aromatic heterocycles. The Labute approximate surface area is 111 Å². The Balaban J connectivity index is 1.86. The second-order valence-electron chi connectivity index (χ2n) is 4.30. The van der Waals surface area contributed by atoms with Gasteiger partial charge in [0.15, 0.2) is 0 Å². The minimum absolute atomic E-state index is 0.558. The van der Waals surface area contributed by atoms with Gasteiger partial charge in [0.05, 0.1) is 12.6 Å². The van der Waals surface area contributed by atoms with Crippen molar-refractivity contribution >= 4 is 15.9 Å². The molecule has 1 aliphatic heterocycles. The number of benzene rings is 1. The number of halogens is 1. The van der Waals surface area contributed by atoms with Crippen molar-refractivity contribution in [1.29, 1.82) is 5.26 Å². The van der Waals surface area contributed by atoms with E-state index in [2.05, 4.69) is 50.0 Å². The summed E-state index contributed by atoms with van der Waals surface area (Å²) in [5, 5.41) is 8.64. The summed E-state index contributed by atoms with van der Waals surface area (Å²) in [7, 11) is 0. The van der Waals surface area contributed by atoms with Gasteiger partial charge in [0, 0.05) is 37.2 Å². The molecule has 17 heavy (non-hydrogen) atoms. The van der Waals surface area contributed by atoms with Crippen molar-refractivity contribution in [2.24, 2.45) is 0 Å². The first kappa shape index (κ1) is 12.6. The van der Waals surface area contributed by atoms with Crippen molar-refractivity contribution in [2.45, 2.75) is 6.54 Å². The van der Waals surface area contributed by atoms with Crippen LogP contribution in [0.5, 0.6) is 0 Å². The lowest BCUT2D eigenvalue weighted by molar-refractivity contribution is 0.138. The first-order valence-corrected chi connectivity index (χ1v) is 6.64. The molecule has 1 aromatic carbocycles. The molecule has 1 heterocycles. The van der Waals surface area contributed by atoms with Crippen LogP contribution in [0.25, 0.3) is 0 Å². The molecule has 90 valence electrons. The van der Waals surface area contributed by atoms with Gasteiger partial charge >= 0.3 is 0 Å². The van der Waals surface area contributed by atoms with Crippen molar-refractivity contribution in [3.63, 3.8) is 0 Å². The molecule has 0 bridgehead atoms. The van der Waals surface area contributed by atoms with Crippen LogP contribution in [0.1, 0.15) is 5.56 Å². The van der Waals surface area contributed by atoms with Crippen molar-refractivity contribution in [3.05, 3.63) is 34.3 Å². The molecule has 0 unspecified atom stereocenters. The SMILES string of the molecule is N#CCN1CCN(Cc2ccccc2Br)CC1. The van der Waals surface area contributed by atoms with Crippen LogP contribution < -0.4 is 0 Å². The Kier molecular flexibility index (Phi) is 4.55. The molecule has 2 rings (SSSR count). The normalized spacial score (nSPS) is 17.9. The van der Waals surface area contributed by atoms with E-state index in [1.807, 2.05) is 6.07 Å². The second-order valence-corrected chi connectivity index (χ2v) is 5.16. The van der Waals surface area contributed by atoms with Gasteiger partial charge in [-0.3, -0.25) is 9.80 Å². The van der Waals surface area contributed by atoms with Crippen LogP contribution in [0.15, 0.2) is 28.7 Å². The highest BCUT2D eigenvalue weighted by atomic mass is 79.9. The van der Waals surface area contributed by atoms with Gasteiger partial charge in [-0.15, -0.1) is 0 Å². The maximum Gasteiger partial charge on any atom is 0.0866 e. The number of rotatable bonds is 3. The fourth-order valence-electron chi connectivity index (χ4n) is 2.07. The zero-order valence-corrected chi connectivity index (χ0v) is 11.4. The molecular formula is C13H16BrN3. The quantitative estimate of drug-likeness (QED) is 0.800. The topological polar surface area (TPSA) is 30.3 Å². The lowest BCUT2D eigenvalue weighted by Gasteiger charge is -2.33. The maximum absolute atomic E-state index is 8.64. The van der Waals surface area contributed by atoms with E-state index >= 15 is 0 Å². The fraction of sp³-hybridized carbons (Fsp3) is 0.462. The van der Waals surface area contributed by atoms with E-state index in [1.54, 1.807) is 0 Å². The van der Waals surface area contributed by atoms with Crippen LogP contribution in [-0.4, -0.2) is 42.5 Å². The lowest BCUT2D eigenvalue weighted by Crippen LogP contribution is -2.45. The molecular weight excluding hydrogens is 278 g/mol. The minimum Gasteiger partial charge on any atom is -0.297 e. The molecule has 1 saturated heterocycles. The van der Waals surface area contributed by atoms with Crippen LogP contribution in [0.3, 0.4) is 0 Å². The Bertz CT molecular complexity index is 405. The third kappa shape index (κ3) is 3.53. The highest BCUT2D eigenvalue weighted by molar-refractivity contribution is 9.10. The van der Waals surface area contributed by atoms with E-state index in [9.17, 15) is 0 Å². The third-order valence-electron chi connectivity index (χ3n) is 3.11. The van der Waals surface area contributed by atoms with Gasteiger partial charge in [0.25, 0.3) is 0 Å². The van der Waals surface area contributed by atoms with Gasteiger partial charge in [0.1, 0.15) is 0 Å². The smallest absolute Gasteiger partial charge is 0.0866 e. The first-order chi connectivity index (χ1) is 8.29. The van der Waals surface area contributed by atoms with Crippen LogP contribution in [0, 0.1) is 11.3 Å². The molecule has 3 nitrogen and oxygen atoms in total. The van der Waals surface area contributed by atoms with Crippen molar-refractivity contribution in [2.75, 3.05) is 32.7 Å². The summed E-state index contributed by atoms with van der Waals surface area (Å²) in [4.78, 5) is 4.64. The Hall–Kier alpha value is -0.890. The van der Waals surface area contributed by atoms with Crippen molar-refractivity contribution in [3.8, 4) is 6.07 Å². The molecule has 4 heteroatoms. The highest BCUT2D eigenvalue weighted by Crippen LogP contribution is 2.18. The number of piperazine rings is 1.